The van der Waals surface area contributed by atoms with Crippen LogP contribution in [0.5, 0.6) is 0 Å². The minimum absolute atomic E-state index is 0.236. The Kier molecular flexibility index (Phi) is 4.67. The van der Waals surface area contributed by atoms with Gasteiger partial charge in [-0.15, -0.1) is 0 Å². The summed E-state index contributed by atoms with van der Waals surface area (Å²) in [5.41, 5.74) is 0. The van der Waals surface area contributed by atoms with Crippen molar-refractivity contribution in [3.05, 3.63) is 0 Å². The molecule has 0 aromatic rings. The highest BCUT2D eigenvalue weighted by Crippen LogP contribution is 2.16. The monoisotopic (exact) mass is 189 g/mol. The number of nitrogens with one attached hydrogen (secondary N) is 1. The Bertz CT molecular complexity index is 141. The zero-order valence-corrected chi connectivity index (χ0v) is 8.55. The Morgan fingerprint density at radius 1 is 1.54 bits per heavy atom. The highest BCUT2D eigenvalue weighted by molar-refractivity contribution is 4.82. The summed E-state index contributed by atoms with van der Waals surface area (Å²) in [4.78, 5) is 0. The highest BCUT2D eigenvalue weighted by atomic mass is 19.1. The van der Waals surface area contributed by atoms with E-state index in [4.69, 9.17) is 4.74 Å². The molecule has 1 saturated heterocycles. The number of halogens is 1. The molecule has 0 aliphatic carbocycles. The van der Waals surface area contributed by atoms with E-state index in [0.29, 0.717) is 6.04 Å². The molecule has 0 aromatic heterocycles. The standard InChI is InChI=1S/C10H20FNO/c1-8(2)5-9-6-10(7-12-9)13-4-3-11/h8-10,12H,3-7H2,1-2H3/t9-,10-/m0/s1. The van der Waals surface area contributed by atoms with Crippen molar-refractivity contribution in [3.63, 3.8) is 0 Å². The van der Waals surface area contributed by atoms with E-state index in [1.54, 1.807) is 0 Å². The zero-order chi connectivity index (χ0) is 9.68. The Morgan fingerprint density at radius 3 is 2.92 bits per heavy atom. The molecule has 0 spiro atoms. The van der Waals surface area contributed by atoms with Crippen LogP contribution in [0.2, 0.25) is 0 Å². The summed E-state index contributed by atoms with van der Waals surface area (Å²) < 4.78 is 17.1. The summed E-state index contributed by atoms with van der Waals surface area (Å²) in [5.74, 6) is 0.720. The first-order chi connectivity index (χ1) is 6.22. The normalized spacial score (nSPS) is 28.6. The van der Waals surface area contributed by atoms with Gasteiger partial charge in [0.15, 0.2) is 0 Å². The average Bonchev–Trinajstić information content (AvgIpc) is 2.48. The first kappa shape index (κ1) is 10.9. The maximum Gasteiger partial charge on any atom is 0.113 e. The van der Waals surface area contributed by atoms with Crippen LogP contribution in [0.25, 0.3) is 0 Å². The molecule has 0 unspecified atom stereocenters. The van der Waals surface area contributed by atoms with E-state index in [0.717, 1.165) is 18.9 Å². The van der Waals surface area contributed by atoms with E-state index in [9.17, 15) is 4.39 Å². The van der Waals surface area contributed by atoms with Gasteiger partial charge in [0.25, 0.3) is 0 Å². The molecule has 1 aliphatic rings. The fraction of sp³-hybridized carbons (Fsp3) is 1.00. The number of ether oxygens (including phenoxy) is 1. The van der Waals surface area contributed by atoms with E-state index >= 15 is 0 Å². The van der Waals surface area contributed by atoms with Crippen LogP contribution in [0.4, 0.5) is 4.39 Å². The van der Waals surface area contributed by atoms with Crippen LogP contribution < -0.4 is 5.32 Å². The van der Waals surface area contributed by atoms with Gasteiger partial charge in [0.2, 0.25) is 0 Å². The lowest BCUT2D eigenvalue weighted by Gasteiger charge is -2.12. The molecule has 0 saturated carbocycles. The van der Waals surface area contributed by atoms with Gasteiger partial charge in [0.05, 0.1) is 12.7 Å². The van der Waals surface area contributed by atoms with Gasteiger partial charge in [-0.1, -0.05) is 13.8 Å². The first-order valence-electron chi connectivity index (χ1n) is 5.13. The first-order valence-corrected chi connectivity index (χ1v) is 5.13. The van der Waals surface area contributed by atoms with Crippen molar-refractivity contribution < 1.29 is 9.13 Å². The lowest BCUT2D eigenvalue weighted by Crippen LogP contribution is -2.23. The predicted octanol–water partition coefficient (Wildman–Crippen LogP) is 1.75. The van der Waals surface area contributed by atoms with Crippen molar-refractivity contribution in [1.82, 2.24) is 5.32 Å². The van der Waals surface area contributed by atoms with E-state index in [2.05, 4.69) is 19.2 Å². The molecule has 78 valence electrons. The van der Waals surface area contributed by atoms with Crippen LogP contribution in [-0.2, 0) is 4.74 Å². The third-order valence-electron chi connectivity index (χ3n) is 2.37. The molecule has 13 heavy (non-hydrogen) atoms. The van der Waals surface area contributed by atoms with E-state index < -0.39 is 0 Å². The maximum atomic E-state index is 11.8. The van der Waals surface area contributed by atoms with Gasteiger partial charge in [-0.25, -0.2) is 4.39 Å². The number of hydrogen-bond donors (Lipinski definition) is 1. The number of alkyl halides is 1. The molecular formula is C10H20FNO. The van der Waals surface area contributed by atoms with Crippen molar-refractivity contribution in [2.24, 2.45) is 5.92 Å². The molecule has 2 atom stereocenters. The average molecular weight is 189 g/mol. The summed E-state index contributed by atoms with van der Waals surface area (Å²) in [7, 11) is 0. The van der Waals surface area contributed by atoms with Gasteiger partial charge in [0.1, 0.15) is 6.67 Å². The second kappa shape index (κ2) is 5.55. The van der Waals surface area contributed by atoms with Gasteiger partial charge < -0.3 is 10.1 Å². The Balaban J connectivity index is 2.12. The minimum atomic E-state index is -0.370. The third-order valence-corrected chi connectivity index (χ3v) is 2.37. The maximum absolute atomic E-state index is 11.8. The van der Waals surface area contributed by atoms with Crippen LogP contribution in [-0.4, -0.2) is 32.0 Å². The molecular weight excluding hydrogens is 169 g/mol. The molecule has 1 aliphatic heterocycles. The zero-order valence-electron chi connectivity index (χ0n) is 8.55. The summed E-state index contributed by atoms with van der Waals surface area (Å²) in [5, 5.41) is 3.40. The number of hydrogen-bond acceptors (Lipinski definition) is 2. The van der Waals surface area contributed by atoms with Gasteiger partial charge in [-0.3, -0.25) is 0 Å². The van der Waals surface area contributed by atoms with E-state index in [-0.39, 0.29) is 19.4 Å². The molecule has 1 rings (SSSR count). The second-order valence-corrected chi connectivity index (χ2v) is 4.15. The molecule has 0 radical (unpaired) electrons. The molecule has 0 aromatic carbocycles. The molecule has 0 bridgehead atoms. The van der Waals surface area contributed by atoms with Crippen molar-refractivity contribution in [1.29, 1.82) is 0 Å². The van der Waals surface area contributed by atoms with Crippen LogP contribution in [0.3, 0.4) is 0 Å². The second-order valence-electron chi connectivity index (χ2n) is 4.15. The van der Waals surface area contributed by atoms with E-state index in [1.807, 2.05) is 0 Å². The Morgan fingerprint density at radius 2 is 2.31 bits per heavy atom. The van der Waals surface area contributed by atoms with Crippen LogP contribution in [0.1, 0.15) is 26.7 Å². The van der Waals surface area contributed by atoms with Crippen LogP contribution in [0, 0.1) is 5.92 Å². The minimum Gasteiger partial charge on any atom is -0.374 e. The fourth-order valence-electron chi connectivity index (χ4n) is 1.87. The summed E-state index contributed by atoms with van der Waals surface area (Å²) in [6.07, 6.45) is 2.47. The fourth-order valence-corrected chi connectivity index (χ4v) is 1.87. The van der Waals surface area contributed by atoms with Gasteiger partial charge in [-0.2, -0.15) is 0 Å². The lowest BCUT2D eigenvalue weighted by atomic mass is 10.0. The van der Waals surface area contributed by atoms with Crippen molar-refractivity contribution in [2.75, 3.05) is 19.8 Å². The Hall–Kier alpha value is -0.150. The Labute approximate surface area is 79.8 Å². The van der Waals surface area contributed by atoms with Crippen LogP contribution >= 0.6 is 0 Å². The SMILES string of the molecule is CC(C)C[C@H]1C[C@H](OCCF)CN1. The van der Waals surface area contributed by atoms with Gasteiger partial charge >= 0.3 is 0 Å². The quantitative estimate of drug-likeness (QED) is 0.711. The van der Waals surface area contributed by atoms with Gasteiger partial charge in [-0.05, 0) is 18.8 Å². The topological polar surface area (TPSA) is 21.3 Å². The highest BCUT2D eigenvalue weighted by Gasteiger charge is 2.24. The molecule has 2 nitrogen and oxygen atoms in total. The lowest BCUT2D eigenvalue weighted by molar-refractivity contribution is 0.0554. The molecule has 1 heterocycles. The third kappa shape index (κ3) is 4.05. The van der Waals surface area contributed by atoms with Crippen molar-refractivity contribution in [2.45, 2.75) is 38.8 Å². The molecule has 1 N–H and O–H groups in total. The van der Waals surface area contributed by atoms with Crippen molar-refractivity contribution >= 4 is 0 Å². The molecule has 0 amide bonds. The summed E-state index contributed by atoms with van der Waals surface area (Å²) in [6.45, 7) is 5.21. The smallest absolute Gasteiger partial charge is 0.113 e. The summed E-state index contributed by atoms with van der Waals surface area (Å²) in [6, 6.07) is 0.574. The summed E-state index contributed by atoms with van der Waals surface area (Å²) >= 11 is 0. The van der Waals surface area contributed by atoms with Crippen LogP contribution in [0.15, 0.2) is 0 Å². The number of rotatable bonds is 5. The van der Waals surface area contributed by atoms with Gasteiger partial charge in [0, 0.05) is 12.6 Å². The largest absolute Gasteiger partial charge is 0.374 e. The van der Waals surface area contributed by atoms with E-state index in [1.165, 1.54) is 6.42 Å². The van der Waals surface area contributed by atoms with Crippen molar-refractivity contribution in [3.8, 4) is 0 Å². The molecule has 3 heteroatoms. The predicted molar refractivity (Wildman–Crippen MR) is 51.6 cm³/mol. The molecule has 1 fully saturated rings.